The van der Waals surface area contributed by atoms with Crippen LogP contribution in [-0.4, -0.2) is 12.6 Å². The molecular formula is C14H21NO. The first-order valence-corrected chi connectivity index (χ1v) is 5.82. The van der Waals surface area contributed by atoms with E-state index in [-0.39, 0.29) is 6.10 Å². The van der Waals surface area contributed by atoms with E-state index in [2.05, 4.69) is 19.1 Å². The van der Waals surface area contributed by atoms with Crippen LogP contribution in [0.4, 0.5) is 0 Å². The number of hydrogen-bond donors (Lipinski definition) is 1. The van der Waals surface area contributed by atoms with Gasteiger partial charge >= 0.3 is 0 Å². The Bertz CT molecular complexity index is 350. The second kappa shape index (κ2) is 6.33. The molecule has 2 nitrogen and oxygen atoms in total. The Morgan fingerprint density at radius 2 is 2.06 bits per heavy atom. The molecule has 0 fully saturated rings. The van der Waals surface area contributed by atoms with Crippen molar-refractivity contribution in [2.45, 2.75) is 33.3 Å². The Morgan fingerprint density at radius 3 is 2.62 bits per heavy atom. The van der Waals surface area contributed by atoms with E-state index in [0.717, 1.165) is 17.7 Å². The Hall–Kier alpha value is -1.28. The van der Waals surface area contributed by atoms with Gasteiger partial charge in [0.1, 0.15) is 5.75 Å². The van der Waals surface area contributed by atoms with Crippen molar-refractivity contribution in [3.8, 4) is 5.75 Å². The molecule has 2 N–H and O–H groups in total. The largest absolute Gasteiger partial charge is 0.490 e. The topological polar surface area (TPSA) is 35.2 Å². The summed E-state index contributed by atoms with van der Waals surface area (Å²) in [5.74, 6) is 0.928. The molecule has 16 heavy (non-hydrogen) atoms. The molecule has 0 spiro atoms. The molecular weight excluding hydrogens is 198 g/mol. The van der Waals surface area contributed by atoms with Crippen molar-refractivity contribution in [1.29, 1.82) is 0 Å². The van der Waals surface area contributed by atoms with Crippen LogP contribution in [0.2, 0.25) is 0 Å². The minimum absolute atomic E-state index is 0.192. The maximum atomic E-state index is 5.75. The van der Waals surface area contributed by atoms with Gasteiger partial charge in [-0.15, -0.1) is 0 Å². The lowest BCUT2D eigenvalue weighted by molar-refractivity contribution is 0.242. The van der Waals surface area contributed by atoms with Crippen molar-refractivity contribution in [1.82, 2.24) is 0 Å². The predicted molar refractivity (Wildman–Crippen MR) is 69.5 cm³/mol. The molecule has 0 aliphatic heterocycles. The van der Waals surface area contributed by atoms with Gasteiger partial charge in [-0.1, -0.05) is 36.8 Å². The summed E-state index contributed by atoms with van der Waals surface area (Å²) in [6, 6.07) is 8.06. The van der Waals surface area contributed by atoms with Gasteiger partial charge in [-0.2, -0.15) is 0 Å². The molecule has 0 bridgehead atoms. The molecule has 0 atom stereocenters. The highest BCUT2D eigenvalue weighted by atomic mass is 16.5. The highest BCUT2D eigenvalue weighted by Crippen LogP contribution is 2.22. The van der Waals surface area contributed by atoms with Crippen LogP contribution < -0.4 is 10.5 Å². The number of ether oxygens (including phenoxy) is 1. The van der Waals surface area contributed by atoms with Gasteiger partial charge in [-0.25, -0.2) is 0 Å². The van der Waals surface area contributed by atoms with Crippen molar-refractivity contribution >= 4 is 6.08 Å². The summed E-state index contributed by atoms with van der Waals surface area (Å²) in [7, 11) is 0. The van der Waals surface area contributed by atoms with Crippen LogP contribution in [-0.2, 0) is 0 Å². The Morgan fingerprint density at radius 1 is 1.38 bits per heavy atom. The van der Waals surface area contributed by atoms with E-state index in [0.29, 0.717) is 6.54 Å². The van der Waals surface area contributed by atoms with Crippen molar-refractivity contribution in [2.24, 2.45) is 5.73 Å². The van der Waals surface area contributed by atoms with Gasteiger partial charge in [0.2, 0.25) is 0 Å². The van der Waals surface area contributed by atoms with Crippen molar-refractivity contribution < 1.29 is 4.74 Å². The first-order valence-electron chi connectivity index (χ1n) is 5.82. The van der Waals surface area contributed by atoms with Gasteiger partial charge in [-0.05, 0) is 26.3 Å². The number of nitrogens with two attached hydrogens (primary N) is 1. The molecule has 2 heteroatoms. The maximum Gasteiger partial charge on any atom is 0.126 e. The number of rotatable bonds is 5. The molecule has 0 aliphatic rings. The minimum atomic E-state index is 0.192. The van der Waals surface area contributed by atoms with Crippen LogP contribution in [0, 0.1) is 0 Å². The van der Waals surface area contributed by atoms with Crippen LogP contribution in [0.25, 0.3) is 6.08 Å². The first-order chi connectivity index (χ1) is 7.67. The Kier molecular flexibility index (Phi) is 5.06. The smallest absolute Gasteiger partial charge is 0.126 e. The molecule has 0 amide bonds. The number of hydrogen-bond acceptors (Lipinski definition) is 2. The van der Waals surface area contributed by atoms with Crippen LogP contribution in [0.5, 0.6) is 5.75 Å². The van der Waals surface area contributed by atoms with Gasteiger partial charge in [0, 0.05) is 12.1 Å². The Balaban J connectivity index is 2.98. The van der Waals surface area contributed by atoms with E-state index in [1.807, 2.05) is 32.0 Å². The van der Waals surface area contributed by atoms with E-state index >= 15 is 0 Å². The quantitative estimate of drug-likeness (QED) is 0.825. The number of para-hydroxylation sites is 1. The summed E-state index contributed by atoms with van der Waals surface area (Å²) < 4.78 is 5.75. The minimum Gasteiger partial charge on any atom is -0.490 e. The van der Waals surface area contributed by atoms with Crippen molar-refractivity contribution in [3.05, 3.63) is 35.4 Å². The van der Waals surface area contributed by atoms with E-state index in [1.165, 1.54) is 5.57 Å². The second-order valence-electron chi connectivity index (χ2n) is 4.06. The van der Waals surface area contributed by atoms with E-state index in [4.69, 9.17) is 10.5 Å². The molecule has 0 heterocycles. The zero-order chi connectivity index (χ0) is 12.0. The third-order valence-corrected chi connectivity index (χ3v) is 2.36. The molecule has 1 aromatic carbocycles. The molecule has 0 unspecified atom stereocenters. The summed E-state index contributed by atoms with van der Waals surface area (Å²) in [5.41, 5.74) is 8.02. The van der Waals surface area contributed by atoms with Crippen LogP contribution >= 0.6 is 0 Å². The highest BCUT2D eigenvalue weighted by molar-refractivity contribution is 5.60. The van der Waals surface area contributed by atoms with Gasteiger partial charge in [0.05, 0.1) is 6.10 Å². The summed E-state index contributed by atoms with van der Waals surface area (Å²) >= 11 is 0. The molecule has 1 aromatic rings. The van der Waals surface area contributed by atoms with Crippen LogP contribution in [0.1, 0.15) is 32.8 Å². The molecule has 88 valence electrons. The van der Waals surface area contributed by atoms with Crippen molar-refractivity contribution in [3.63, 3.8) is 0 Å². The van der Waals surface area contributed by atoms with Gasteiger partial charge in [-0.3, -0.25) is 0 Å². The van der Waals surface area contributed by atoms with Gasteiger partial charge in [0.15, 0.2) is 0 Å². The van der Waals surface area contributed by atoms with Gasteiger partial charge in [0.25, 0.3) is 0 Å². The van der Waals surface area contributed by atoms with Gasteiger partial charge < -0.3 is 10.5 Å². The summed E-state index contributed by atoms with van der Waals surface area (Å²) in [4.78, 5) is 0. The fourth-order valence-corrected chi connectivity index (χ4v) is 1.49. The van der Waals surface area contributed by atoms with Crippen molar-refractivity contribution in [2.75, 3.05) is 6.54 Å². The summed E-state index contributed by atoms with van der Waals surface area (Å²) in [6.07, 6.45) is 3.29. The average molecular weight is 219 g/mol. The van der Waals surface area contributed by atoms with E-state index in [1.54, 1.807) is 0 Å². The zero-order valence-corrected chi connectivity index (χ0v) is 10.4. The Labute approximate surface area is 98.1 Å². The van der Waals surface area contributed by atoms with Crippen LogP contribution in [0.15, 0.2) is 29.8 Å². The fraction of sp³-hybridized carbons (Fsp3) is 0.429. The molecule has 0 radical (unpaired) electrons. The second-order valence-corrected chi connectivity index (χ2v) is 4.06. The average Bonchev–Trinajstić information content (AvgIpc) is 2.27. The standard InChI is InChI=1S/C14H21NO/c1-4-12(10-15)9-13-7-5-6-8-14(13)16-11(2)3/h5-9,11H,4,10,15H2,1-3H3. The molecule has 0 saturated heterocycles. The summed E-state index contributed by atoms with van der Waals surface area (Å²) in [6.45, 7) is 6.78. The third kappa shape index (κ3) is 3.70. The SMILES string of the molecule is CCC(=Cc1ccccc1OC(C)C)CN. The lowest BCUT2D eigenvalue weighted by atomic mass is 10.1. The van der Waals surface area contributed by atoms with Crippen LogP contribution in [0.3, 0.4) is 0 Å². The third-order valence-electron chi connectivity index (χ3n) is 2.36. The zero-order valence-electron chi connectivity index (χ0n) is 10.4. The molecule has 0 aliphatic carbocycles. The lowest BCUT2D eigenvalue weighted by Crippen LogP contribution is -2.07. The predicted octanol–water partition coefficient (Wildman–Crippen LogP) is 3.23. The number of benzene rings is 1. The lowest BCUT2D eigenvalue weighted by Gasteiger charge is -2.13. The monoisotopic (exact) mass is 219 g/mol. The fourth-order valence-electron chi connectivity index (χ4n) is 1.49. The molecule has 1 rings (SSSR count). The molecule has 0 aromatic heterocycles. The molecule has 0 saturated carbocycles. The maximum absolute atomic E-state index is 5.75. The van der Waals surface area contributed by atoms with E-state index in [9.17, 15) is 0 Å². The highest BCUT2D eigenvalue weighted by Gasteiger charge is 2.03. The van der Waals surface area contributed by atoms with E-state index < -0.39 is 0 Å². The normalized spacial score (nSPS) is 11.9. The summed E-state index contributed by atoms with van der Waals surface area (Å²) in [5, 5.41) is 0. The first kappa shape index (κ1) is 12.8.